The lowest BCUT2D eigenvalue weighted by Crippen LogP contribution is -2.31. The summed E-state index contributed by atoms with van der Waals surface area (Å²) in [7, 11) is 1.45. The minimum atomic E-state index is -0.420. The summed E-state index contributed by atoms with van der Waals surface area (Å²) in [6.07, 6.45) is 10.7. The molecule has 1 N–H and O–H groups in total. The summed E-state index contributed by atoms with van der Waals surface area (Å²) in [5, 5.41) is 3.47. The first-order valence-electron chi connectivity index (χ1n) is 11.0. The highest BCUT2D eigenvalue weighted by atomic mass is 19.1. The molecule has 0 bridgehead atoms. The number of methoxy groups -OCH3 is 1. The molecule has 4 aliphatic heterocycles. The average molecular weight is 422 g/mol. The number of benzene rings is 1. The van der Waals surface area contributed by atoms with Gasteiger partial charge >= 0.3 is 0 Å². The fourth-order valence-electron chi connectivity index (χ4n) is 5.09. The summed E-state index contributed by atoms with van der Waals surface area (Å²) in [5.41, 5.74) is 3.54. The first-order valence-corrected chi connectivity index (χ1v) is 11.0. The van der Waals surface area contributed by atoms with E-state index in [4.69, 9.17) is 4.74 Å². The third kappa shape index (κ3) is 3.69. The van der Waals surface area contributed by atoms with E-state index < -0.39 is 5.82 Å². The molecule has 4 heterocycles. The van der Waals surface area contributed by atoms with Crippen LogP contribution in [0.15, 0.2) is 60.1 Å². The number of ether oxygens (including phenoxy) is 1. The second-order valence-corrected chi connectivity index (χ2v) is 8.89. The molecule has 6 heteroatoms. The highest BCUT2D eigenvalue weighted by Gasteiger charge is 2.37. The van der Waals surface area contributed by atoms with Crippen molar-refractivity contribution < 1.29 is 13.9 Å². The van der Waals surface area contributed by atoms with Crippen LogP contribution in [0.2, 0.25) is 0 Å². The zero-order chi connectivity index (χ0) is 21.5. The summed E-state index contributed by atoms with van der Waals surface area (Å²) >= 11 is 0. The Kier molecular flexibility index (Phi) is 5.18. The molecule has 0 saturated carbocycles. The van der Waals surface area contributed by atoms with Gasteiger partial charge in [-0.15, -0.1) is 0 Å². The lowest BCUT2D eigenvalue weighted by Gasteiger charge is -2.30. The second-order valence-electron chi connectivity index (χ2n) is 8.89. The molecule has 2 fully saturated rings. The molecule has 1 amide bonds. The Hall–Kier alpha value is -2.86. The Morgan fingerprint density at radius 2 is 1.87 bits per heavy atom. The topological polar surface area (TPSA) is 44.8 Å². The van der Waals surface area contributed by atoms with E-state index in [1.54, 1.807) is 17.0 Å². The van der Waals surface area contributed by atoms with Crippen LogP contribution in [-0.2, 0) is 4.79 Å². The Morgan fingerprint density at radius 1 is 1.13 bits per heavy atom. The number of carbonyl (C=O) groups is 1. The third-order valence-corrected chi connectivity index (χ3v) is 6.93. The number of nitrogens with one attached hydrogen (secondary N) is 1. The number of carbonyl (C=O) groups excluding carboxylic acids is 1. The van der Waals surface area contributed by atoms with E-state index in [0.29, 0.717) is 17.4 Å². The first-order chi connectivity index (χ1) is 15.0. The van der Waals surface area contributed by atoms with Gasteiger partial charge in [0.05, 0.1) is 12.8 Å². The minimum Gasteiger partial charge on any atom is -0.494 e. The molecule has 0 radical (unpaired) electrons. The number of hydrogen-bond acceptors (Lipinski definition) is 4. The van der Waals surface area contributed by atoms with Crippen molar-refractivity contribution in [3.63, 3.8) is 0 Å². The van der Waals surface area contributed by atoms with Gasteiger partial charge in [0, 0.05) is 44.2 Å². The molecule has 4 aliphatic rings. The van der Waals surface area contributed by atoms with Crippen molar-refractivity contribution in [2.45, 2.75) is 13.3 Å². The van der Waals surface area contributed by atoms with Gasteiger partial charge in [0.25, 0.3) is 5.91 Å². The van der Waals surface area contributed by atoms with Crippen LogP contribution >= 0.6 is 0 Å². The molecule has 5 rings (SSSR count). The first kappa shape index (κ1) is 20.1. The Morgan fingerprint density at radius 3 is 2.58 bits per heavy atom. The van der Waals surface area contributed by atoms with E-state index >= 15 is 0 Å². The molecule has 0 spiro atoms. The molecule has 3 atom stereocenters. The number of amides is 1. The highest BCUT2D eigenvalue weighted by Crippen LogP contribution is 2.35. The van der Waals surface area contributed by atoms with E-state index in [1.165, 1.54) is 13.2 Å². The number of nitrogens with zero attached hydrogens (tertiary/aromatic N) is 2. The van der Waals surface area contributed by atoms with Gasteiger partial charge in [-0.3, -0.25) is 9.69 Å². The van der Waals surface area contributed by atoms with E-state index in [-0.39, 0.29) is 17.6 Å². The number of halogens is 1. The van der Waals surface area contributed by atoms with E-state index in [0.717, 1.165) is 49.6 Å². The molecule has 1 aromatic carbocycles. The van der Waals surface area contributed by atoms with Crippen LogP contribution in [0.25, 0.3) is 5.57 Å². The van der Waals surface area contributed by atoms with E-state index in [1.807, 2.05) is 18.3 Å². The van der Waals surface area contributed by atoms with Crippen LogP contribution in [0.3, 0.4) is 0 Å². The normalized spacial score (nSPS) is 27.8. The quantitative estimate of drug-likeness (QED) is 0.811. The lowest BCUT2D eigenvalue weighted by atomic mass is 9.89. The van der Waals surface area contributed by atoms with Crippen molar-refractivity contribution in [1.29, 1.82) is 0 Å². The maximum Gasteiger partial charge on any atom is 0.255 e. The fraction of sp³-hybridized carbons (Fsp3) is 0.400. The van der Waals surface area contributed by atoms with Crippen LogP contribution < -0.4 is 10.1 Å². The highest BCUT2D eigenvalue weighted by molar-refractivity contribution is 5.98. The Balaban J connectivity index is 1.43. The largest absolute Gasteiger partial charge is 0.494 e. The SMILES string of the molecule is COc1ccc(C2=CC(=O)N3C=C(N4CC5CNCC5C4)C=CC3=CCC2C)cc1F. The van der Waals surface area contributed by atoms with Crippen molar-refractivity contribution in [3.8, 4) is 5.75 Å². The zero-order valence-corrected chi connectivity index (χ0v) is 18.0. The van der Waals surface area contributed by atoms with Gasteiger partial charge in [0.2, 0.25) is 0 Å². The van der Waals surface area contributed by atoms with Crippen LogP contribution in [-0.4, -0.2) is 49.0 Å². The predicted octanol–water partition coefficient (Wildman–Crippen LogP) is 3.53. The maximum absolute atomic E-state index is 14.3. The summed E-state index contributed by atoms with van der Waals surface area (Å²) in [4.78, 5) is 17.4. The average Bonchev–Trinajstić information content (AvgIpc) is 3.37. The van der Waals surface area contributed by atoms with Gasteiger partial charge < -0.3 is 15.0 Å². The van der Waals surface area contributed by atoms with Crippen LogP contribution in [0, 0.1) is 23.6 Å². The fourth-order valence-corrected chi connectivity index (χ4v) is 5.09. The minimum absolute atomic E-state index is 0.0932. The van der Waals surface area contributed by atoms with Crippen molar-refractivity contribution in [2.24, 2.45) is 17.8 Å². The lowest BCUT2D eigenvalue weighted by molar-refractivity contribution is -0.122. The summed E-state index contributed by atoms with van der Waals surface area (Å²) in [6.45, 7) is 6.28. The van der Waals surface area contributed by atoms with Crippen molar-refractivity contribution in [1.82, 2.24) is 15.1 Å². The molecule has 31 heavy (non-hydrogen) atoms. The molecule has 5 nitrogen and oxygen atoms in total. The van der Waals surface area contributed by atoms with Gasteiger partial charge in [0.1, 0.15) is 0 Å². The van der Waals surface area contributed by atoms with Gasteiger partial charge in [-0.05, 0) is 59.6 Å². The Labute approximate surface area is 182 Å². The molecular weight excluding hydrogens is 393 g/mol. The van der Waals surface area contributed by atoms with Crippen LogP contribution in [0.1, 0.15) is 18.9 Å². The van der Waals surface area contributed by atoms with Crippen molar-refractivity contribution in [3.05, 3.63) is 71.5 Å². The van der Waals surface area contributed by atoms with Crippen LogP contribution in [0.5, 0.6) is 5.75 Å². The molecule has 2 saturated heterocycles. The monoisotopic (exact) mass is 421 g/mol. The number of hydrogen-bond donors (Lipinski definition) is 1. The van der Waals surface area contributed by atoms with Crippen LogP contribution in [0.4, 0.5) is 4.39 Å². The van der Waals surface area contributed by atoms with Crippen molar-refractivity contribution in [2.75, 3.05) is 33.3 Å². The smallest absolute Gasteiger partial charge is 0.255 e. The third-order valence-electron chi connectivity index (χ3n) is 6.93. The van der Waals surface area contributed by atoms with E-state index in [2.05, 4.69) is 29.3 Å². The number of likely N-dealkylation sites (tertiary alicyclic amines) is 1. The molecule has 162 valence electrons. The maximum atomic E-state index is 14.3. The summed E-state index contributed by atoms with van der Waals surface area (Å²) in [5.74, 6) is 1.15. The van der Waals surface area contributed by atoms with Gasteiger partial charge in [-0.25, -0.2) is 4.39 Å². The molecule has 1 aromatic rings. The van der Waals surface area contributed by atoms with E-state index in [9.17, 15) is 9.18 Å². The molecule has 3 unspecified atom stereocenters. The summed E-state index contributed by atoms with van der Waals surface area (Å²) in [6, 6.07) is 4.89. The predicted molar refractivity (Wildman–Crippen MR) is 118 cm³/mol. The molecule has 0 aliphatic carbocycles. The summed E-state index contributed by atoms with van der Waals surface area (Å²) < 4.78 is 19.3. The molecule has 0 aromatic heterocycles. The van der Waals surface area contributed by atoms with Crippen molar-refractivity contribution >= 4 is 11.5 Å². The zero-order valence-electron chi connectivity index (χ0n) is 18.0. The number of allylic oxidation sites excluding steroid dienone is 4. The molecular formula is C25H28FN3O2. The number of rotatable bonds is 3. The standard InChI is InChI=1S/C25H28FN3O2/c1-16-3-5-20-6-7-21(28-13-18-11-27-12-19(18)14-28)15-29(20)25(30)10-22(16)17-4-8-24(31-2)23(26)9-17/h4-10,15-16,18-19,27H,3,11-14H2,1-2H3. The van der Waals surface area contributed by atoms with Gasteiger partial charge in [-0.2, -0.15) is 0 Å². The second kappa shape index (κ2) is 8.00. The number of fused-ring (bicyclic) bond motifs is 2. The Bertz CT molecular complexity index is 1010. The van der Waals surface area contributed by atoms with Gasteiger partial charge in [0.15, 0.2) is 11.6 Å². The van der Waals surface area contributed by atoms with Gasteiger partial charge in [-0.1, -0.05) is 19.1 Å².